The van der Waals surface area contributed by atoms with Crippen molar-refractivity contribution in [1.29, 1.82) is 0 Å². The maximum atomic E-state index is 12.6. The van der Waals surface area contributed by atoms with E-state index < -0.39 is 23.4 Å². The molecule has 0 aliphatic heterocycles. The van der Waals surface area contributed by atoms with Crippen LogP contribution in [0.15, 0.2) is 29.3 Å². The number of nitrogens with two attached hydrogens (primary N) is 2. The van der Waals surface area contributed by atoms with Crippen LogP contribution in [0.4, 0.5) is 9.59 Å². The Balaban J connectivity index is 3.17. The molecular formula is C19H30N4O4. The van der Waals surface area contributed by atoms with Crippen LogP contribution in [-0.4, -0.2) is 34.2 Å². The molecule has 1 aromatic carbocycles. The summed E-state index contributed by atoms with van der Waals surface area (Å²) in [7, 11) is 0. The zero-order valence-electron chi connectivity index (χ0n) is 16.9. The minimum Gasteiger partial charge on any atom is -0.443 e. The third kappa shape index (κ3) is 8.08. The average molecular weight is 378 g/mol. The van der Waals surface area contributed by atoms with Crippen LogP contribution in [0.5, 0.6) is 0 Å². The van der Waals surface area contributed by atoms with E-state index in [0.29, 0.717) is 6.54 Å². The Labute approximate surface area is 160 Å². The summed E-state index contributed by atoms with van der Waals surface area (Å²) in [6.45, 7) is 10.7. The van der Waals surface area contributed by atoms with Gasteiger partial charge in [0, 0.05) is 6.54 Å². The third-order valence-corrected chi connectivity index (χ3v) is 3.16. The summed E-state index contributed by atoms with van der Waals surface area (Å²) >= 11 is 0. The molecule has 8 nitrogen and oxygen atoms in total. The Kier molecular flexibility index (Phi) is 7.36. The molecule has 0 aliphatic rings. The maximum absolute atomic E-state index is 12.6. The summed E-state index contributed by atoms with van der Waals surface area (Å²) in [4.78, 5) is 29.4. The van der Waals surface area contributed by atoms with Crippen molar-refractivity contribution in [2.75, 3.05) is 0 Å². The van der Waals surface area contributed by atoms with Gasteiger partial charge in [0.25, 0.3) is 0 Å². The zero-order chi connectivity index (χ0) is 20.8. The van der Waals surface area contributed by atoms with Gasteiger partial charge in [-0.15, -0.1) is 4.99 Å². The molecular weight excluding hydrogens is 348 g/mol. The van der Waals surface area contributed by atoms with Crippen molar-refractivity contribution in [1.82, 2.24) is 4.90 Å². The number of guanidine groups is 1. The molecule has 0 unspecified atom stereocenters. The van der Waals surface area contributed by atoms with Gasteiger partial charge in [0.15, 0.2) is 0 Å². The molecule has 0 bridgehead atoms. The minimum absolute atomic E-state index is 0.0560. The Morgan fingerprint density at radius 3 is 2.00 bits per heavy atom. The number of ether oxygens (including phenoxy) is 2. The zero-order valence-corrected chi connectivity index (χ0v) is 16.9. The van der Waals surface area contributed by atoms with Gasteiger partial charge in [-0.25, -0.2) is 14.5 Å². The molecule has 150 valence electrons. The highest BCUT2D eigenvalue weighted by Crippen LogP contribution is 2.16. The topological polar surface area (TPSA) is 120 Å². The Hall–Kier alpha value is -2.61. The van der Waals surface area contributed by atoms with Crippen LogP contribution in [0.2, 0.25) is 0 Å². The van der Waals surface area contributed by atoms with Crippen molar-refractivity contribution < 1.29 is 19.1 Å². The van der Waals surface area contributed by atoms with E-state index in [4.69, 9.17) is 20.9 Å². The van der Waals surface area contributed by atoms with Gasteiger partial charge in [-0.1, -0.05) is 24.3 Å². The van der Waals surface area contributed by atoms with Crippen LogP contribution in [0.25, 0.3) is 0 Å². The summed E-state index contributed by atoms with van der Waals surface area (Å²) in [5, 5.41) is 0. The fourth-order valence-corrected chi connectivity index (χ4v) is 2.08. The SMILES string of the molecule is CC(C)(C)OC(=O)N=C(N)N(Cc1ccccc1CN)C(=O)OC(C)(C)C. The van der Waals surface area contributed by atoms with Gasteiger partial charge in [-0.2, -0.15) is 0 Å². The monoisotopic (exact) mass is 378 g/mol. The lowest BCUT2D eigenvalue weighted by molar-refractivity contribution is 0.0355. The van der Waals surface area contributed by atoms with Crippen LogP contribution in [-0.2, 0) is 22.6 Å². The summed E-state index contributed by atoms with van der Waals surface area (Å²) in [6.07, 6.45) is -1.61. The maximum Gasteiger partial charge on any atom is 0.437 e. The second kappa shape index (κ2) is 8.85. The van der Waals surface area contributed by atoms with Crippen molar-refractivity contribution in [2.45, 2.75) is 65.8 Å². The highest BCUT2D eigenvalue weighted by atomic mass is 16.6. The molecule has 0 heterocycles. The molecule has 0 aromatic heterocycles. The van der Waals surface area contributed by atoms with Crippen LogP contribution in [0.3, 0.4) is 0 Å². The number of rotatable bonds is 3. The summed E-state index contributed by atoms with van der Waals surface area (Å²) in [6, 6.07) is 7.34. The predicted octanol–water partition coefficient (Wildman–Crippen LogP) is 3.13. The number of carbonyl (C=O) groups excluding carboxylic acids is 2. The van der Waals surface area contributed by atoms with Gasteiger partial charge in [0.05, 0.1) is 6.54 Å². The first-order chi connectivity index (χ1) is 12.3. The summed E-state index contributed by atoms with van der Waals surface area (Å²) in [5.74, 6) is -0.315. The van der Waals surface area contributed by atoms with E-state index in [2.05, 4.69) is 4.99 Å². The Bertz CT molecular complexity index is 702. The van der Waals surface area contributed by atoms with E-state index in [-0.39, 0.29) is 12.5 Å². The van der Waals surface area contributed by atoms with E-state index >= 15 is 0 Å². The quantitative estimate of drug-likeness (QED) is 0.616. The highest BCUT2D eigenvalue weighted by Gasteiger charge is 2.27. The van der Waals surface area contributed by atoms with Crippen molar-refractivity contribution in [3.05, 3.63) is 35.4 Å². The highest BCUT2D eigenvalue weighted by molar-refractivity contribution is 5.98. The fourth-order valence-electron chi connectivity index (χ4n) is 2.08. The summed E-state index contributed by atoms with van der Waals surface area (Å²) < 4.78 is 10.5. The molecule has 0 aliphatic carbocycles. The molecule has 0 atom stereocenters. The minimum atomic E-state index is -0.888. The number of amides is 2. The molecule has 27 heavy (non-hydrogen) atoms. The van der Waals surface area contributed by atoms with Crippen LogP contribution < -0.4 is 11.5 Å². The van der Waals surface area contributed by atoms with E-state index in [9.17, 15) is 9.59 Å². The Morgan fingerprint density at radius 2 is 1.52 bits per heavy atom. The number of nitrogens with zero attached hydrogens (tertiary/aromatic N) is 2. The first kappa shape index (κ1) is 22.4. The third-order valence-electron chi connectivity index (χ3n) is 3.16. The first-order valence-corrected chi connectivity index (χ1v) is 8.67. The smallest absolute Gasteiger partial charge is 0.437 e. The number of aliphatic imine (C=N–C) groups is 1. The van der Waals surface area contributed by atoms with Gasteiger partial charge >= 0.3 is 12.2 Å². The summed E-state index contributed by atoms with van der Waals surface area (Å²) in [5.41, 5.74) is 11.8. The lowest BCUT2D eigenvalue weighted by Crippen LogP contribution is -2.45. The lowest BCUT2D eigenvalue weighted by Gasteiger charge is -2.27. The second-order valence-electron chi connectivity index (χ2n) is 7.99. The van der Waals surface area contributed by atoms with Crippen molar-refractivity contribution in [2.24, 2.45) is 16.5 Å². The van der Waals surface area contributed by atoms with Gasteiger partial charge in [0.2, 0.25) is 5.96 Å². The predicted molar refractivity (Wildman–Crippen MR) is 104 cm³/mol. The standard InChI is InChI=1S/C19H30N4O4/c1-18(2,3)26-16(24)22-15(21)23(17(25)27-19(4,5)6)12-14-10-8-7-9-13(14)11-20/h7-10H,11-12,20H2,1-6H3,(H2,21,22,24). The van der Waals surface area contributed by atoms with Crippen molar-refractivity contribution >= 4 is 18.1 Å². The average Bonchev–Trinajstić information content (AvgIpc) is 2.48. The second-order valence-corrected chi connectivity index (χ2v) is 7.99. The van der Waals surface area contributed by atoms with Crippen LogP contribution in [0, 0.1) is 0 Å². The van der Waals surface area contributed by atoms with Gasteiger partial charge in [0.1, 0.15) is 11.2 Å². The van der Waals surface area contributed by atoms with Gasteiger partial charge < -0.3 is 20.9 Å². The number of hydrogen-bond acceptors (Lipinski definition) is 5. The lowest BCUT2D eigenvalue weighted by atomic mass is 10.1. The molecule has 0 saturated carbocycles. The number of benzene rings is 1. The van der Waals surface area contributed by atoms with E-state index in [1.54, 1.807) is 41.5 Å². The molecule has 4 N–H and O–H groups in total. The van der Waals surface area contributed by atoms with Gasteiger partial charge in [-0.3, -0.25) is 0 Å². The molecule has 0 fully saturated rings. The molecule has 2 amide bonds. The van der Waals surface area contributed by atoms with Gasteiger partial charge in [-0.05, 0) is 52.7 Å². The molecule has 1 aromatic rings. The molecule has 0 saturated heterocycles. The first-order valence-electron chi connectivity index (χ1n) is 8.67. The van der Waals surface area contributed by atoms with Crippen molar-refractivity contribution in [3.63, 3.8) is 0 Å². The van der Waals surface area contributed by atoms with Crippen LogP contribution in [0.1, 0.15) is 52.7 Å². The van der Waals surface area contributed by atoms with E-state index in [0.717, 1.165) is 16.0 Å². The molecule has 8 heteroatoms. The Morgan fingerprint density at radius 1 is 1.00 bits per heavy atom. The molecule has 0 radical (unpaired) electrons. The number of hydrogen-bond donors (Lipinski definition) is 2. The normalized spacial score (nSPS) is 12.5. The molecule has 1 rings (SSSR count). The number of carbonyl (C=O) groups is 2. The van der Waals surface area contributed by atoms with Crippen LogP contribution >= 0.6 is 0 Å². The van der Waals surface area contributed by atoms with E-state index in [1.165, 1.54) is 0 Å². The molecule has 0 spiro atoms. The fraction of sp³-hybridized carbons (Fsp3) is 0.526. The largest absolute Gasteiger partial charge is 0.443 e. The van der Waals surface area contributed by atoms with E-state index in [1.807, 2.05) is 24.3 Å². The van der Waals surface area contributed by atoms with Crippen molar-refractivity contribution in [3.8, 4) is 0 Å².